The first-order chi connectivity index (χ1) is 8.83. The molecule has 0 heterocycles. The van der Waals surface area contributed by atoms with Crippen molar-refractivity contribution >= 4 is 0 Å². The molecule has 0 aliphatic heterocycles. The summed E-state index contributed by atoms with van der Waals surface area (Å²) in [5.74, 6) is 0.867. The molecule has 7 heteroatoms. The third kappa shape index (κ3) is 5.35. The Labute approximate surface area is 109 Å². The maximum absolute atomic E-state index is 11.9. The zero-order valence-corrected chi connectivity index (χ0v) is 10.7. The Bertz CT molecular complexity index is 408. The van der Waals surface area contributed by atoms with Crippen LogP contribution in [0, 0.1) is 0 Å². The monoisotopic (exact) mass is 279 g/mol. The number of benzene rings is 1. The number of ether oxygens (including phenoxy) is 3. The molecule has 108 valence electrons. The highest BCUT2D eigenvalue weighted by molar-refractivity contribution is 5.42. The normalized spacial score (nSPS) is 13.2. The fourth-order valence-electron chi connectivity index (χ4n) is 1.41. The summed E-state index contributed by atoms with van der Waals surface area (Å²) in [7, 11) is 1.48. The molecule has 2 N–H and O–H groups in total. The van der Waals surface area contributed by atoms with Crippen molar-refractivity contribution in [2.75, 3.05) is 20.5 Å². The zero-order chi connectivity index (χ0) is 14.5. The quantitative estimate of drug-likeness (QED) is 0.642. The number of hydrogen-bond donors (Lipinski definition) is 1. The summed E-state index contributed by atoms with van der Waals surface area (Å²) in [5.41, 5.74) is 6.40. The predicted molar refractivity (Wildman–Crippen MR) is 63.1 cm³/mol. The summed E-state index contributed by atoms with van der Waals surface area (Å²) in [5, 5.41) is 0. The van der Waals surface area contributed by atoms with Crippen LogP contribution in [0.5, 0.6) is 11.5 Å². The average Bonchev–Trinajstić information content (AvgIpc) is 2.33. The number of nitrogens with two attached hydrogens (primary N) is 1. The van der Waals surface area contributed by atoms with Crippen LogP contribution in [-0.2, 0) is 4.74 Å². The molecule has 0 amide bonds. The third-order valence-corrected chi connectivity index (χ3v) is 2.27. The first-order valence-corrected chi connectivity index (χ1v) is 5.54. The highest BCUT2D eigenvalue weighted by Crippen LogP contribution is 2.28. The number of alkyl halides is 3. The van der Waals surface area contributed by atoms with Crippen LogP contribution in [0.15, 0.2) is 18.2 Å². The fraction of sp³-hybridized carbons (Fsp3) is 0.500. The van der Waals surface area contributed by atoms with Gasteiger partial charge in [-0.25, -0.2) is 0 Å². The minimum atomic E-state index is -4.37. The van der Waals surface area contributed by atoms with Gasteiger partial charge in [0.1, 0.15) is 18.1 Å². The first-order valence-electron chi connectivity index (χ1n) is 5.54. The number of hydrogen-bond acceptors (Lipinski definition) is 4. The van der Waals surface area contributed by atoms with Gasteiger partial charge in [-0.2, -0.15) is 13.2 Å². The molecule has 0 saturated heterocycles. The maximum Gasteiger partial charge on any atom is 0.411 e. The molecule has 1 aromatic carbocycles. The molecular formula is C12H16F3NO3. The van der Waals surface area contributed by atoms with Gasteiger partial charge in [0, 0.05) is 17.7 Å². The summed E-state index contributed by atoms with van der Waals surface area (Å²) in [6.07, 6.45) is -4.37. The van der Waals surface area contributed by atoms with Gasteiger partial charge in [0.25, 0.3) is 0 Å². The van der Waals surface area contributed by atoms with Crippen molar-refractivity contribution in [3.8, 4) is 11.5 Å². The Hall–Kier alpha value is -1.47. The van der Waals surface area contributed by atoms with Crippen LogP contribution in [0.1, 0.15) is 18.5 Å². The largest absolute Gasteiger partial charge is 0.497 e. The lowest BCUT2D eigenvalue weighted by Gasteiger charge is -2.15. The summed E-state index contributed by atoms with van der Waals surface area (Å²) >= 11 is 0. The molecule has 0 aliphatic rings. The lowest BCUT2D eigenvalue weighted by Crippen LogP contribution is -2.19. The molecule has 1 aromatic rings. The highest BCUT2D eigenvalue weighted by atomic mass is 19.4. The van der Waals surface area contributed by atoms with Gasteiger partial charge in [0.05, 0.1) is 7.11 Å². The molecule has 0 spiro atoms. The van der Waals surface area contributed by atoms with E-state index in [1.165, 1.54) is 7.11 Å². The van der Waals surface area contributed by atoms with Gasteiger partial charge >= 0.3 is 6.18 Å². The van der Waals surface area contributed by atoms with Crippen LogP contribution in [0.2, 0.25) is 0 Å². The van der Waals surface area contributed by atoms with Crippen LogP contribution < -0.4 is 15.2 Å². The molecule has 1 unspecified atom stereocenters. The highest BCUT2D eigenvalue weighted by Gasteiger charge is 2.27. The van der Waals surface area contributed by atoms with Crippen LogP contribution >= 0.6 is 0 Å². The maximum atomic E-state index is 11.9. The SMILES string of the molecule is COc1ccc(C(C)N)c(OCOCC(F)(F)F)c1. The van der Waals surface area contributed by atoms with Crippen LogP contribution in [0.25, 0.3) is 0 Å². The van der Waals surface area contributed by atoms with Gasteiger partial charge in [-0.1, -0.05) is 6.07 Å². The van der Waals surface area contributed by atoms with Crippen molar-refractivity contribution in [2.24, 2.45) is 5.73 Å². The standard InChI is InChI=1S/C12H16F3NO3/c1-8(16)10-4-3-9(17-2)5-11(10)19-7-18-6-12(13,14)15/h3-5,8H,6-7,16H2,1-2H3. The average molecular weight is 279 g/mol. The summed E-state index contributed by atoms with van der Waals surface area (Å²) in [6.45, 7) is -0.123. The Morgan fingerprint density at radius 1 is 1.32 bits per heavy atom. The minimum absolute atomic E-state index is 0.316. The van der Waals surface area contributed by atoms with E-state index < -0.39 is 19.6 Å². The van der Waals surface area contributed by atoms with E-state index in [1.54, 1.807) is 25.1 Å². The number of halogens is 3. The summed E-state index contributed by atoms with van der Waals surface area (Å²) in [4.78, 5) is 0. The minimum Gasteiger partial charge on any atom is -0.497 e. The second kappa shape index (κ2) is 6.63. The van der Waals surface area contributed by atoms with E-state index in [-0.39, 0.29) is 6.04 Å². The Kier molecular flexibility index (Phi) is 5.44. The van der Waals surface area contributed by atoms with Gasteiger partial charge in [0.15, 0.2) is 6.79 Å². The third-order valence-electron chi connectivity index (χ3n) is 2.27. The van der Waals surface area contributed by atoms with Crippen molar-refractivity contribution in [2.45, 2.75) is 19.1 Å². The lowest BCUT2D eigenvalue weighted by atomic mass is 10.1. The van der Waals surface area contributed by atoms with E-state index >= 15 is 0 Å². The van der Waals surface area contributed by atoms with E-state index in [0.29, 0.717) is 17.1 Å². The van der Waals surface area contributed by atoms with Crippen LogP contribution in [-0.4, -0.2) is 26.7 Å². The molecule has 4 nitrogen and oxygen atoms in total. The molecule has 0 radical (unpaired) electrons. The van der Waals surface area contributed by atoms with Gasteiger partial charge < -0.3 is 19.9 Å². The van der Waals surface area contributed by atoms with Crippen molar-refractivity contribution in [1.82, 2.24) is 0 Å². The predicted octanol–water partition coefficient (Wildman–Crippen LogP) is 2.63. The molecule has 19 heavy (non-hydrogen) atoms. The van der Waals surface area contributed by atoms with E-state index in [9.17, 15) is 13.2 Å². The Balaban J connectivity index is 2.65. The molecule has 1 rings (SSSR count). The fourth-order valence-corrected chi connectivity index (χ4v) is 1.41. The first kappa shape index (κ1) is 15.6. The smallest absolute Gasteiger partial charge is 0.411 e. The van der Waals surface area contributed by atoms with Gasteiger partial charge in [0.2, 0.25) is 0 Å². The van der Waals surface area contributed by atoms with Gasteiger partial charge in [-0.3, -0.25) is 0 Å². The molecule has 0 aliphatic carbocycles. The summed E-state index contributed by atoms with van der Waals surface area (Å²) < 4.78 is 50.2. The second-order valence-electron chi connectivity index (χ2n) is 3.92. The molecule has 0 fully saturated rings. The zero-order valence-electron chi connectivity index (χ0n) is 10.7. The van der Waals surface area contributed by atoms with Gasteiger partial charge in [-0.05, 0) is 13.0 Å². The molecule has 1 atom stereocenters. The van der Waals surface area contributed by atoms with E-state index in [1.807, 2.05) is 0 Å². The summed E-state index contributed by atoms with van der Waals surface area (Å²) in [6, 6.07) is 4.63. The van der Waals surface area contributed by atoms with Crippen LogP contribution in [0.4, 0.5) is 13.2 Å². The molecule has 0 aromatic heterocycles. The Morgan fingerprint density at radius 2 is 2.00 bits per heavy atom. The molecular weight excluding hydrogens is 263 g/mol. The van der Waals surface area contributed by atoms with E-state index in [4.69, 9.17) is 15.2 Å². The van der Waals surface area contributed by atoms with E-state index in [0.717, 1.165) is 0 Å². The molecule has 0 bridgehead atoms. The van der Waals surface area contributed by atoms with Crippen LogP contribution in [0.3, 0.4) is 0 Å². The van der Waals surface area contributed by atoms with E-state index in [2.05, 4.69) is 4.74 Å². The molecule has 0 saturated carbocycles. The topological polar surface area (TPSA) is 53.7 Å². The van der Waals surface area contributed by atoms with Crippen molar-refractivity contribution in [3.05, 3.63) is 23.8 Å². The lowest BCUT2D eigenvalue weighted by molar-refractivity contribution is -0.186. The Morgan fingerprint density at radius 3 is 2.53 bits per heavy atom. The van der Waals surface area contributed by atoms with Crippen molar-refractivity contribution < 1.29 is 27.4 Å². The number of rotatable bonds is 6. The van der Waals surface area contributed by atoms with Crippen molar-refractivity contribution in [3.63, 3.8) is 0 Å². The number of methoxy groups -OCH3 is 1. The van der Waals surface area contributed by atoms with Gasteiger partial charge in [-0.15, -0.1) is 0 Å². The van der Waals surface area contributed by atoms with Crippen molar-refractivity contribution in [1.29, 1.82) is 0 Å². The second-order valence-corrected chi connectivity index (χ2v) is 3.92.